The number of ether oxygens (including phenoxy) is 1. The molecule has 0 bridgehead atoms. The van der Waals surface area contributed by atoms with Gasteiger partial charge in [-0.15, -0.1) is 0 Å². The van der Waals surface area contributed by atoms with Crippen LogP contribution in [0.25, 0.3) is 0 Å². The second kappa shape index (κ2) is 22.5. The maximum atomic E-state index is 12.2. The average Bonchev–Trinajstić information content (AvgIpc) is 2.78. The van der Waals surface area contributed by atoms with Gasteiger partial charge in [0, 0.05) is 11.9 Å². The second-order valence-corrected chi connectivity index (χ2v) is 9.28. The maximum Gasteiger partial charge on any atom is 1.00 e. The Balaban J connectivity index is 0.00000961. The topological polar surface area (TPSA) is 66.4 Å². The second-order valence-electron chi connectivity index (χ2n) is 9.28. The molecule has 0 amide bonds. The zero-order chi connectivity index (χ0) is 22.6. The largest absolute Gasteiger partial charge is 1.00 e. The molecular formula is C27H47NaO4. The van der Waals surface area contributed by atoms with Crippen molar-refractivity contribution in [3.05, 3.63) is 12.2 Å². The summed E-state index contributed by atoms with van der Waals surface area (Å²) in [7, 11) is 0. The molecule has 1 aliphatic rings. The van der Waals surface area contributed by atoms with Crippen LogP contribution < -0.4 is 34.7 Å². The van der Waals surface area contributed by atoms with Gasteiger partial charge in [0.05, 0.1) is 12.5 Å². The van der Waals surface area contributed by atoms with E-state index in [1.54, 1.807) is 0 Å². The Bertz CT molecular complexity index is 492. The predicted molar refractivity (Wildman–Crippen MR) is 125 cm³/mol. The molecule has 1 aliphatic carbocycles. The molecule has 0 spiro atoms. The molecule has 1 saturated carbocycles. The summed E-state index contributed by atoms with van der Waals surface area (Å²) in [6.07, 6.45) is 26.6. The van der Waals surface area contributed by atoms with Crippen molar-refractivity contribution in [3.63, 3.8) is 0 Å². The van der Waals surface area contributed by atoms with Crippen molar-refractivity contribution in [2.45, 2.75) is 129 Å². The monoisotopic (exact) mass is 458 g/mol. The number of carbonyl (C=O) groups excluding carboxylic acids is 2. The van der Waals surface area contributed by atoms with Gasteiger partial charge < -0.3 is 14.6 Å². The Kier molecular flexibility index (Phi) is 22.2. The number of carbonyl (C=O) groups is 2. The van der Waals surface area contributed by atoms with Crippen LogP contribution in [0.5, 0.6) is 0 Å². The van der Waals surface area contributed by atoms with Crippen LogP contribution in [0.15, 0.2) is 12.2 Å². The average molecular weight is 459 g/mol. The summed E-state index contributed by atoms with van der Waals surface area (Å²) in [6, 6.07) is 0. The van der Waals surface area contributed by atoms with E-state index in [9.17, 15) is 14.7 Å². The molecular weight excluding hydrogens is 411 g/mol. The van der Waals surface area contributed by atoms with E-state index >= 15 is 0 Å². The minimum absolute atomic E-state index is 0. The Morgan fingerprint density at radius 3 is 1.75 bits per heavy atom. The number of aliphatic carboxylic acids is 1. The molecule has 1 rings (SSSR count). The summed E-state index contributed by atoms with van der Waals surface area (Å²) in [4.78, 5) is 23.3. The number of allylic oxidation sites excluding steroid dienone is 2. The molecule has 0 radical (unpaired) electrons. The fourth-order valence-corrected chi connectivity index (χ4v) is 4.50. The van der Waals surface area contributed by atoms with Gasteiger partial charge in [-0.25, -0.2) is 0 Å². The molecule has 2 unspecified atom stereocenters. The van der Waals surface area contributed by atoms with Crippen molar-refractivity contribution in [1.29, 1.82) is 0 Å². The normalized spacial score (nSPS) is 18.4. The summed E-state index contributed by atoms with van der Waals surface area (Å²) in [5, 5.41) is 11.2. The molecule has 1 fully saturated rings. The summed E-state index contributed by atoms with van der Waals surface area (Å²) in [5.74, 6) is -2.61. The van der Waals surface area contributed by atoms with E-state index < -0.39 is 17.8 Å². The van der Waals surface area contributed by atoms with Gasteiger partial charge in [-0.3, -0.25) is 4.79 Å². The number of esters is 1. The van der Waals surface area contributed by atoms with Crippen molar-refractivity contribution < 1.29 is 49.0 Å². The van der Waals surface area contributed by atoms with Crippen LogP contribution in [-0.2, 0) is 14.3 Å². The van der Waals surface area contributed by atoms with E-state index in [1.807, 2.05) is 0 Å². The molecule has 0 aromatic carbocycles. The molecule has 0 saturated heterocycles. The molecule has 0 heterocycles. The predicted octanol–water partition coefficient (Wildman–Crippen LogP) is 3.52. The standard InChI is InChI=1S/C27H48O4.Na/c1-2-3-4-5-6-7-8-9-10-11-12-13-14-15-16-17-20-23-31-27(30)25-22-19-18-21-24(25)26(28)29;/h12-13,24-25H,2-11,14-23H2,1H3,(H,28,29);/q;+1/p-1/b13-12+;. The van der Waals surface area contributed by atoms with Crippen molar-refractivity contribution in [2.75, 3.05) is 6.61 Å². The van der Waals surface area contributed by atoms with Gasteiger partial charge in [-0.2, -0.15) is 0 Å². The Hall–Kier alpha value is -0.320. The molecule has 180 valence electrons. The van der Waals surface area contributed by atoms with Crippen LogP contribution >= 0.6 is 0 Å². The van der Waals surface area contributed by atoms with Crippen LogP contribution in [0.2, 0.25) is 0 Å². The van der Waals surface area contributed by atoms with Crippen molar-refractivity contribution >= 4 is 11.9 Å². The van der Waals surface area contributed by atoms with Gasteiger partial charge in [-0.1, -0.05) is 96.1 Å². The number of carboxylic acid groups (broad SMARTS) is 1. The third kappa shape index (κ3) is 16.3. The molecule has 0 N–H and O–H groups in total. The van der Waals surface area contributed by atoms with Crippen LogP contribution in [0.1, 0.15) is 129 Å². The zero-order valence-electron chi connectivity index (χ0n) is 21.1. The molecule has 0 aliphatic heterocycles. The Labute approximate surface area is 219 Å². The first-order chi connectivity index (χ1) is 15.2. The fraction of sp³-hybridized carbons (Fsp3) is 0.852. The maximum absolute atomic E-state index is 12.2. The quantitative estimate of drug-likeness (QED) is 0.129. The van der Waals surface area contributed by atoms with Gasteiger partial charge >= 0.3 is 35.5 Å². The zero-order valence-corrected chi connectivity index (χ0v) is 23.1. The summed E-state index contributed by atoms with van der Waals surface area (Å²) in [5.41, 5.74) is 0. The third-order valence-corrected chi connectivity index (χ3v) is 6.52. The number of rotatable bonds is 19. The van der Waals surface area contributed by atoms with Gasteiger partial charge in [0.15, 0.2) is 0 Å². The molecule has 5 heteroatoms. The fourth-order valence-electron chi connectivity index (χ4n) is 4.50. The molecule has 32 heavy (non-hydrogen) atoms. The van der Waals surface area contributed by atoms with Crippen molar-refractivity contribution in [3.8, 4) is 0 Å². The van der Waals surface area contributed by atoms with Gasteiger partial charge in [0.2, 0.25) is 0 Å². The van der Waals surface area contributed by atoms with E-state index in [0.717, 1.165) is 38.5 Å². The molecule has 2 atom stereocenters. The number of hydrogen-bond acceptors (Lipinski definition) is 4. The van der Waals surface area contributed by atoms with Crippen LogP contribution in [0, 0.1) is 11.8 Å². The van der Waals surface area contributed by atoms with E-state index in [2.05, 4.69) is 19.1 Å². The summed E-state index contributed by atoms with van der Waals surface area (Å²) >= 11 is 0. The number of hydrogen-bond donors (Lipinski definition) is 0. The minimum Gasteiger partial charge on any atom is -0.550 e. The minimum atomic E-state index is -1.10. The summed E-state index contributed by atoms with van der Waals surface area (Å²) < 4.78 is 5.34. The van der Waals surface area contributed by atoms with Crippen LogP contribution in [0.3, 0.4) is 0 Å². The molecule has 0 aromatic heterocycles. The van der Waals surface area contributed by atoms with E-state index in [-0.39, 0.29) is 35.5 Å². The first kappa shape index (κ1) is 31.7. The van der Waals surface area contributed by atoms with Crippen LogP contribution in [0.4, 0.5) is 0 Å². The van der Waals surface area contributed by atoms with Crippen LogP contribution in [-0.4, -0.2) is 18.5 Å². The molecule has 4 nitrogen and oxygen atoms in total. The van der Waals surface area contributed by atoms with Crippen molar-refractivity contribution in [2.24, 2.45) is 11.8 Å². The van der Waals surface area contributed by atoms with Crippen molar-refractivity contribution in [1.82, 2.24) is 0 Å². The van der Waals surface area contributed by atoms with Gasteiger partial charge in [0.1, 0.15) is 0 Å². The number of carboxylic acids is 1. The van der Waals surface area contributed by atoms with Gasteiger partial charge in [-0.05, 0) is 44.9 Å². The van der Waals surface area contributed by atoms with Gasteiger partial charge in [0.25, 0.3) is 0 Å². The van der Waals surface area contributed by atoms with E-state index in [4.69, 9.17) is 4.74 Å². The van der Waals surface area contributed by atoms with E-state index in [1.165, 1.54) is 70.6 Å². The first-order valence-electron chi connectivity index (χ1n) is 13.2. The molecule has 0 aromatic rings. The summed E-state index contributed by atoms with van der Waals surface area (Å²) in [6.45, 7) is 2.67. The van der Waals surface area contributed by atoms with E-state index in [0.29, 0.717) is 19.4 Å². The first-order valence-corrected chi connectivity index (χ1v) is 13.2. The number of unbranched alkanes of at least 4 members (excludes halogenated alkanes) is 13. The smallest absolute Gasteiger partial charge is 0.550 e. The SMILES string of the molecule is CCCCCCCCCCC/C=C/CCCCCCOC(=O)C1CCCCC1C(=O)[O-].[Na+]. The Morgan fingerprint density at radius 1 is 0.750 bits per heavy atom. The Morgan fingerprint density at radius 2 is 1.22 bits per heavy atom. The third-order valence-electron chi connectivity index (χ3n) is 6.52.